The van der Waals surface area contributed by atoms with Gasteiger partial charge in [-0.3, -0.25) is 0 Å². The Morgan fingerprint density at radius 2 is 1.83 bits per heavy atom. The van der Waals surface area contributed by atoms with Crippen LogP contribution in [0.15, 0.2) is 36.4 Å². The standard InChI is InChI=1S/C25H29ClN2O2/c1-3-4-5-6-7-10-13-28-16(2)23(17-11-8-9-12-22(17)28)24-18-14-20(26)21(27)15-19(18)25(29)30-24/h8-9,11-12,14-15,24H,3-7,10,13,27H2,1-2H3. The second kappa shape index (κ2) is 8.73. The van der Waals surface area contributed by atoms with E-state index in [0.29, 0.717) is 16.3 Å². The van der Waals surface area contributed by atoms with E-state index in [0.717, 1.165) is 35.2 Å². The molecule has 30 heavy (non-hydrogen) atoms. The molecule has 0 fully saturated rings. The van der Waals surface area contributed by atoms with E-state index in [1.165, 1.54) is 37.6 Å². The summed E-state index contributed by atoms with van der Waals surface area (Å²) in [6, 6.07) is 11.8. The average molecular weight is 425 g/mol. The number of nitrogens with two attached hydrogens (primary N) is 1. The molecule has 1 unspecified atom stereocenters. The van der Waals surface area contributed by atoms with Gasteiger partial charge in [0, 0.05) is 34.3 Å². The molecule has 0 spiro atoms. The van der Waals surface area contributed by atoms with E-state index < -0.39 is 6.10 Å². The lowest BCUT2D eigenvalue weighted by molar-refractivity contribution is 0.0457. The highest BCUT2D eigenvalue weighted by Crippen LogP contribution is 2.43. The van der Waals surface area contributed by atoms with Crippen molar-refractivity contribution in [2.24, 2.45) is 0 Å². The van der Waals surface area contributed by atoms with Crippen LogP contribution in [0.25, 0.3) is 10.9 Å². The van der Waals surface area contributed by atoms with Gasteiger partial charge < -0.3 is 15.0 Å². The summed E-state index contributed by atoms with van der Waals surface area (Å²) in [5.41, 5.74) is 11.0. The molecule has 2 aromatic carbocycles. The summed E-state index contributed by atoms with van der Waals surface area (Å²) in [6.07, 6.45) is 7.10. The normalized spacial score (nSPS) is 15.6. The summed E-state index contributed by atoms with van der Waals surface area (Å²) >= 11 is 6.28. The zero-order valence-corrected chi connectivity index (χ0v) is 18.5. The molecule has 158 valence electrons. The summed E-state index contributed by atoms with van der Waals surface area (Å²) in [5, 5.41) is 1.57. The van der Waals surface area contributed by atoms with Gasteiger partial charge in [0.05, 0.1) is 16.3 Å². The van der Waals surface area contributed by atoms with Crippen molar-refractivity contribution >= 4 is 34.2 Å². The Bertz CT molecular complexity index is 1090. The van der Waals surface area contributed by atoms with Crippen LogP contribution in [0.2, 0.25) is 5.02 Å². The Kier molecular flexibility index (Phi) is 6.05. The lowest BCUT2D eigenvalue weighted by atomic mass is 9.96. The third-order valence-electron chi connectivity index (χ3n) is 6.17. The molecule has 0 amide bonds. The molecule has 4 rings (SSSR count). The molecule has 0 radical (unpaired) electrons. The van der Waals surface area contributed by atoms with Gasteiger partial charge >= 0.3 is 5.97 Å². The highest BCUT2D eigenvalue weighted by Gasteiger charge is 2.36. The van der Waals surface area contributed by atoms with Crippen molar-refractivity contribution in [2.45, 2.75) is 65.0 Å². The highest BCUT2D eigenvalue weighted by atomic mass is 35.5. The smallest absolute Gasteiger partial charge is 0.339 e. The van der Waals surface area contributed by atoms with E-state index in [1.807, 2.05) is 6.07 Å². The third-order valence-corrected chi connectivity index (χ3v) is 6.50. The molecular formula is C25H29ClN2O2. The number of hydrogen-bond donors (Lipinski definition) is 1. The number of aryl methyl sites for hydroxylation is 1. The summed E-state index contributed by atoms with van der Waals surface area (Å²) in [5.74, 6) is -0.342. The maximum Gasteiger partial charge on any atom is 0.339 e. The second-order valence-electron chi connectivity index (χ2n) is 8.18. The van der Waals surface area contributed by atoms with Gasteiger partial charge in [-0.05, 0) is 31.5 Å². The minimum atomic E-state index is -0.457. The number of anilines is 1. The maximum absolute atomic E-state index is 12.5. The van der Waals surface area contributed by atoms with E-state index in [4.69, 9.17) is 22.1 Å². The van der Waals surface area contributed by atoms with Gasteiger partial charge in [-0.1, -0.05) is 68.8 Å². The van der Waals surface area contributed by atoms with Crippen LogP contribution in [0.3, 0.4) is 0 Å². The SMILES string of the molecule is CCCCCCCCn1c(C)c(C2OC(=O)c3cc(N)c(Cl)cc32)c2ccccc21. The van der Waals surface area contributed by atoms with Crippen molar-refractivity contribution in [1.29, 1.82) is 0 Å². The zero-order valence-electron chi connectivity index (χ0n) is 17.7. The first kappa shape index (κ1) is 20.8. The summed E-state index contributed by atoms with van der Waals surface area (Å²) in [6.45, 7) is 5.33. The van der Waals surface area contributed by atoms with Crippen LogP contribution < -0.4 is 5.73 Å². The van der Waals surface area contributed by atoms with E-state index in [2.05, 4.69) is 36.6 Å². The van der Waals surface area contributed by atoms with Crippen LogP contribution >= 0.6 is 11.6 Å². The number of halogens is 1. The number of carbonyl (C=O) groups excluding carboxylic acids is 1. The quantitative estimate of drug-likeness (QED) is 0.245. The molecule has 2 heterocycles. The number of hydrogen-bond acceptors (Lipinski definition) is 3. The Labute approximate surface area is 183 Å². The molecule has 5 heteroatoms. The van der Waals surface area contributed by atoms with Crippen molar-refractivity contribution in [2.75, 3.05) is 5.73 Å². The fourth-order valence-electron chi connectivity index (χ4n) is 4.57. The highest BCUT2D eigenvalue weighted by molar-refractivity contribution is 6.33. The molecule has 1 aliphatic heterocycles. The number of nitrogen functional groups attached to an aromatic ring is 1. The van der Waals surface area contributed by atoms with Crippen molar-refractivity contribution in [3.05, 3.63) is 63.8 Å². The lowest BCUT2D eigenvalue weighted by Crippen LogP contribution is -2.05. The van der Waals surface area contributed by atoms with E-state index >= 15 is 0 Å². The predicted molar refractivity (Wildman–Crippen MR) is 123 cm³/mol. The molecule has 0 saturated heterocycles. The first-order chi connectivity index (χ1) is 14.5. The summed E-state index contributed by atoms with van der Waals surface area (Å²) in [4.78, 5) is 12.5. The maximum atomic E-state index is 12.5. The van der Waals surface area contributed by atoms with Crippen molar-refractivity contribution in [3.8, 4) is 0 Å². The number of carbonyl (C=O) groups is 1. The van der Waals surface area contributed by atoms with Gasteiger partial charge in [0.25, 0.3) is 0 Å². The molecule has 1 aromatic heterocycles. The lowest BCUT2D eigenvalue weighted by Gasteiger charge is -2.14. The number of nitrogens with zero attached hydrogens (tertiary/aromatic N) is 1. The molecule has 1 aliphatic rings. The van der Waals surface area contributed by atoms with Crippen LogP contribution in [0.1, 0.15) is 78.7 Å². The van der Waals surface area contributed by atoms with Crippen molar-refractivity contribution in [1.82, 2.24) is 4.57 Å². The molecule has 0 saturated carbocycles. The molecule has 0 aliphatic carbocycles. The van der Waals surface area contributed by atoms with Crippen LogP contribution in [0.5, 0.6) is 0 Å². The average Bonchev–Trinajstić information content (AvgIpc) is 3.18. The minimum absolute atomic E-state index is 0.342. The number of cyclic esters (lactones) is 1. The van der Waals surface area contributed by atoms with Gasteiger partial charge in [0.15, 0.2) is 6.10 Å². The zero-order chi connectivity index (χ0) is 21.3. The van der Waals surface area contributed by atoms with E-state index in [9.17, 15) is 4.79 Å². The number of ether oxygens (including phenoxy) is 1. The Balaban J connectivity index is 1.69. The Morgan fingerprint density at radius 3 is 2.63 bits per heavy atom. The summed E-state index contributed by atoms with van der Waals surface area (Å²) < 4.78 is 8.20. The molecule has 3 aromatic rings. The number of benzene rings is 2. The third kappa shape index (κ3) is 3.69. The van der Waals surface area contributed by atoms with Crippen LogP contribution in [0.4, 0.5) is 5.69 Å². The van der Waals surface area contributed by atoms with E-state index in [-0.39, 0.29) is 5.97 Å². The Morgan fingerprint density at radius 1 is 1.10 bits per heavy atom. The van der Waals surface area contributed by atoms with Gasteiger partial charge in [-0.25, -0.2) is 4.79 Å². The van der Waals surface area contributed by atoms with Crippen molar-refractivity contribution in [3.63, 3.8) is 0 Å². The van der Waals surface area contributed by atoms with Gasteiger partial charge in [0.1, 0.15) is 0 Å². The summed E-state index contributed by atoms with van der Waals surface area (Å²) in [7, 11) is 0. The number of fused-ring (bicyclic) bond motifs is 2. The van der Waals surface area contributed by atoms with Gasteiger partial charge in [0.2, 0.25) is 0 Å². The van der Waals surface area contributed by atoms with Gasteiger partial charge in [-0.15, -0.1) is 0 Å². The molecular weight excluding hydrogens is 396 g/mol. The number of rotatable bonds is 8. The number of esters is 1. The van der Waals surface area contributed by atoms with Crippen LogP contribution in [-0.2, 0) is 11.3 Å². The number of unbranched alkanes of at least 4 members (excludes halogenated alkanes) is 5. The fourth-order valence-corrected chi connectivity index (χ4v) is 4.75. The molecule has 0 bridgehead atoms. The molecule has 4 nitrogen and oxygen atoms in total. The van der Waals surface area contributed by atoms with Crippen LogP contribution in [-0.4, -0.2) is 10.5 Å². The van der Waals surface area contributed by atoms with E-state index in [1.54, 1.807) is 12.1 Å². The van der Waals surface area contributed by atoms with Gasteiger partial charge in [-0.2, -0.15) is 0 Å². The predicted octanol–water partition coefficient (Wildman–Crippen LogP) is 6.81. The number of para-hydroxylation sites is 1. The first-order valence-corrected chi connectivity index (χ1v) is 11.3. The first-order valence-electron chi connectivity index (χ1n) is 10.9. The molecule has 2 N–H and O–H groups in total. The van der Waals surface area contributed by atoms with Crippen molar-refractivity contribution < 1.29 is 9.53 Å². The second-order valence-corrected chi connectivity index (χ2v) is 8.59. The number of aromatic nitrogens is 1. The Hall–Kier alpha value is -2.46. The van der Waals surface area contributed by atoms with Crippen LogP contribution in [0, 0.1) is 6.92 Å². The largest absolute Gasteiger partial charge is 0.449 e. The fraction of sp³-hybridized carbons (Fsp3) is 0.400. The monoisotopic (exact) mass is 424 g/mol. The molecule has 1 atom stereocenters. The topological polar surface area (TPSA) is 57.2 Å². The minimum Gasteiger partial charge on any atom is -0.449 e.